The molecule has 0 amide bonds. The number of aromatic nitrogens is 5. The number of fused-ring (bicyclic) bond motifs is 1. The van der Waals surface area contributed by atoms with Crippen LogP contribution in [0.2, 0.25) is 0 Å². The monoisotopic (exact) mass is 379 g/mol. The average molecular weight is 379 g/mol. The Balaban J connectivity index is 1.62. The molecule has 0 unspecified atom stereocenters. The molecule has 0 spiro atoms. The summed E-state index contributed by atoms with van der Waals surface area (Å²) in [5, 5.41) is 9.19. The molecule has 0 N–H and O–H groups in total. The third-order valence-corrected chi connectivity index (χ3v) is 5.22. The van der Waals surface area contributed by atoms with Gasteiger partial charge in [0.2, 0.25) is 0 Å². The molecule has 0 aliphatic rings. The maximum atomic E-state index is 14.2. The largest absolute Gasteiger partial charge is 0.307 e. The van der Waals surface area contributed by atoms with Crippen molar-refractivity contribution in [3.63, 3.8) is 0 Å². The predicted molar refractivity (Wildman–Crippen MR) is 105 cm³/mol. The standard InChI is InChI=1S/C20H18FN5S/c1-3-10-26-19(16-8-4-5-9-17(16)21)23-24-20(26)27-13-15-12-25-11-6-7-14(2)18(25)22-15/h3-9,11-12H,1,10,13H2,2H3. The Bertz CT molecular complexity index is 1110. The van der Waals surface area contributed by atoms with Gasteiger partial charge < -0.3 is 4.40 Å². The van der Waals surface area contributed by atoms with Crippen LogP contribution >= 0.6 is 11.8 Å². The second-order valence-electron chi connectivity index (χ2n) is 6.13. The molecule has 4 aromatic rings. The summed E-state index contributed by atoms with van der Waals surface area (Å²) in [6, 6.07) is 10.6. The number of hydrogen-bond acceptors (Lipinski definition) is 4. The molecule has 0 radical (unpaired) electrons. The first-order valence-corrected chi connectivity index (χ1v) is 9.51. The molecule has 7 heteroatoms. The van der Waals surface area contributed by atoms with Crippen molar-refractivity contribution in [3.05, 3.63) is 78.5 Å². The lowest BCUT2D eigenvalue weighted by Gasteiger charge is -2.07. The molecule has 0 saturated heterocycles. The van der Waals surface area contributed by atoms with E-state index in [2.05, 4.69) is 21.8 Å². The Kier molecular flexibility index (Phi) is 4.77. The molecule has 136 valence electrons. The quantitative estimate of drug-likeness (QED) is 0.365. The minimum absolute atomic E-state index is 0.317. The van der Waals surface area contributed by atoms with Crippen LogP contribution in [0.3, 0.4) is 0 Å². The second kappa shape index (κ2) is 7.36. The van der Waals surface area contributed by atoms with Crippen molar-refractivity contribution < 1.29 is 4.39 Å². The summed E-state index contributed by atoms with van der Waals surface area (Å²) in [7, 11) is 0. The van der Waals surface area contributed by atoms with E-state index in [9.17, 15) is 4.39 Å². The summed E-state index contributed by atoms with van der Waals surface area (Å²) in [6.07, 6.45) is 5.76. The third kappa shape index (κ3) is 3.38. The van der Waals surface area contributed by atoms with Gasteiger partial charge in [-0.1, -0.05) is 36.0 Å². The fourth-order valence-corrected chi connectivity index (χ4v) is 3.77. The zero-order valence-corrected chi connectivity index (χ0v) is 15.7. The molecule has 0 fully saturated rings. The van der Waals surface area contributed by atoms with E-state index in [-0.39, 0.29) is 5.82 Å². The van der Waals surface area contributed by atoms with E-state index < -0.39 is 0 Å². The van der Waals surface area contributed by atoms with Gasteiger partial charge >= 0.3 is 0 Å². The molecular weight excluding hydrogens is 361 g/mol. The number of rotatable bonds is 6. The lowest BCUT2D eigenvalue weighted by molar-refractivity contribution is 0.626. The van der Waals surface area contributed by atoms with Crippen molar-refractivity contribution >= 4 is 17.4 Å². The van der Waals surface area contributed by atoms with Gasteiger partial charge in [0.15, 0.2) is 11.0 Å². The molecule has 4 rings (SSSR count). The summed E-state index contributed by atoms with van der Waals surface area (Å²) < 4.78 is 18.1. The van der Waals surface area contributed by atoms with Crippen LogP contribution in [0, 0.1) is 12.7 Å². The molecule has 0 bridgehead atoms. The minimum atomic E-state index is -0.317. The highest BCUT2D eigenvalue weighted by molar-refractivity contribution is 7.98. The number of hydrogen-bond donors (Lipinski definition) is 0. The Morgan fingerprint density at radius 2 is 2.04 bits per heavy atom. The third-order valence-electron chi connectivity index (χ3n) is 4.22. The van der Waals surface area contributed by atoms with Gasteiger partial charge in [0.05, 0.1) is 11.3 Å². The van der Waals surface area contributed by atoms with Crippen molar-refractivity contribution in [2.45, 2.75) is 24.4 Å². The first kappa shape index (κ1) is 17.5. The van der Waals surface area contributed by atoms with Gasteiger partial charge in [-0.05, 0) is 30.7 Å². The zero-order chi connectivity index (χ0) is 18.8. The van der Waals surface area contributed by atoms with E-state index in [4.69, 9.17) is 0 Å². The van der Waals surface area contributed by atoms with Crippen molar-refractivity contribution in [2.24, 2.45) is 0 Å². The molecule has 3 heterocycles. The lowest BCUT2D eigenvalue weighted by Crippen LogP contribution is -2.01. The number of thioether (sulfide) groups is 1. The second-order valence-corrected chi connectivity index (χ2v) is 7.07. The molecular formula is C20H18FN5S. The van der Waals surface area contributed by atoms with E-state index in [1.54, 1.807) is 24.3 Å². The van der Waals surface area contributed by atoms with Crippen LogP contribution in [0.25, 0.3) is 17.0 Å². The molecule has 0 aliphatic carbocycles. The molecule has 1 aromatic carbocycles. The molecule has 5 nitrogen and oxygen atoms in total. The fourth-order valence-electron chi connectivity index (χ4n) is 2.94. The summed E-state index contributed by atoms with van der Waals surface area (Å²) >= 11 is 1.53. The van der Waals surface area contributed by atoms with Gasteiger partial charge in [-0.2, -0.15) is 0 Å². The number of pyridine rings is 1. The summed E-state index contributed by atoms with van der Waals surface area (Å²) in [4.78, 5) is 4.69. The Morgan fingerprint density at radius 1 is 1.19 bits per heavy atom. The highest BCUT2D eigenvalue weighted by atomic mass is 32.2. The maximum absolute atomic E-state index is 14.2. The fraction of sp³-hybridized carbons (Fsp3) is 0.150. The highest BCUT2D eigenvalue weighted by Crippen LogP contribution is 2.28. The van der Waals surface area contributed by atoms with Gasteiger partial charge in [0, 0.05) is 24.7 Å². The zero-order valence-electron chi connectivity index (χ0n) is 14.8. The summed E-state index contributed by atoms with van der Waals surface area (Å²) in [5.41, 5.74) is 3.47. The number of benzene rings is 1. The predicted octanol–water partition coefficient (Wildman–Crippen LogP) is 4.52. The summed E-state index contributed by atoms with van der Waals surface area (Å²) in [5.74, 6) is 0.831. The number of allylic oxidation sites excluding steroid dienone is 1. The van der Waals surface area contributed by atoms with Gasteiger partial charge in [0.25, 0.3) is 0 Å². The van der Waals surface area contributed by atoms with Gasteiger partial charge in [-0.3, -0.25) is 4.57 Å². The molecule has 3 aromatic heterocycles. The van der Waals surface area contributed by atoms with E-state index in [0.29, 0.717) is 28.8 Å². The van der Waals surface area contributed by atoms with E-state index in [1.807, 2.05) is 40.4 Å². The molecule has 0 aliphatic heterocycles. The first-order valence-electron chi connectivity index (χ1n) is 8.52. The number of aryl methyl sites for hydroxylation is 1. The van der Waals surface area contributed by atoms with Crippen LogP contribution in [-0.2, 0) is 12.3 Å². The van der Waals surface area contributed by atoms with E-state index >= 15 is 0 Å². The lowest BCUT2D eigenvalue weighted by atomic mass is 10.2. The van der Waals surface area contributed by atoms with Crippen LogP contribution in [-0.4, -0.2) is 24.1 Å². The molecule has 0 saturated carbocycles. The molecule has 0 atom stereocenters. The average Bonchev–Trinajstić information content (AvgIpc) is 3.26. The minimum Gasteiger partial charge on any atom is -0.307 e. The van der Waals surface area contributed by atoms with Crippen LogP contribution in [0.5, 0.6) is 0 Å². The van der Waals surface area contributed by atoms with E-state index in [1.165, 1.54) is 17.8 Å². The Morgan fingerprint density at radius 3 is 2.81 bits per heavy atom. The summed E-state index contributed by atoms with van der Waals surface area (Å²) in [6.45, 7) is 6.34. The van der Waals surface area contributed by atoms with Crippen LogP contribution in [0.4, 0.5) is 4.39 Å². The maximum Gasteiger partial charge on any atom is 0.192 e. The number of halogens is 1. The van der Waals surface area contributed by atoms with Crippen molar-refractivity contribution in [1.29, 1.82) is 0 Å². The highest BCUT2D eigenvalue weighted by Gasteiger charge is 2.17. The number of nitrogens with zero attached hydrogens (tertiary/aromatic N) is 5. The van der Waals surface area contributed by atoms with Crippen molar-refractivity contribution in [1.82, 2.24) is 24.1 Å². The normalized spacial score (nSPS) is 11.2. The van der Waals surface area contributed by atoms with Gasteiger partial charge in [-0.25, -0.2) is 9.37 Å². The van der Waals surface area contributed by atoms with Crippen LogP contribution in [0.1, 0.15) is 11.3 Å². The van der Waals surface area contributed by atoms with Crippen molar-refractivity contribution in [3.8, 4) is 11.4 Å². The van der Waals surface area contributed by atoms with E-state index in [0.717, 1.165) is 16.9 Å². The Labute approximate surface area is 160 Å². The van der Waals surface area contributed by atoms with Crippen LogP contribution in [0.15, 0.2) is 66.6 Å². The number of imidazole rings is 1. The van der Waals surface area contributed by atoms with Crippen molar-refractivity contribution in [2.75, 3.05) is 0 Å². The first-order chi connectivity index (χ1) is 13.2. The topological polar surface area (TPSA) is 48.0 Å². The van der Waals surface area contributed by atoms with Gasteiger partial charge in [-0.15, -0.1) is 16.8 Å². The van der Waals surface area contributed by atoms with Gasteiger partial charge in [0.1, 0.15) is 11.5 Å². The smallest absolute Gasteiger partial charge is 0.192 e. The Hall–Kier alpha value is -2.93. The van der Waals surface area contributed by atoms with Crippen LogP contribution < -0.4 is 0 Å². The molecule has 27 heavy (non-hydrogen) atoms. The SMILES string of the molecule is C=CCn1c(SCc2cn3cccc(C)c3n2)nnc1-c1ccccc1F.